The van der Waals surface area contributed by atoms with E-state index >= 15 is 0 Å². The summed E-state index contributed by atoms with van der Waals surface area (Å²) < 4.78 is 0. The van der Waals surface area contributed by atoms with E-state index in [1.807, 2.05) is 32.6 Å². The molecular formula is C18H24N6NiO+. The molecule has 0 aliphatic carbocycles. The van der Waals surface area contributed by atoms with Gasteiger partial charge in [0.1, 0.15) is 11.8 Å². The molecule has 0 spiro atoms. The van der Waals surface area contributed by atoms with Crippen LogP contribution in [-0.4, -0.2) is 25.3 Å². The SMILES string of the molecule is CC(C)N.CCN(CC)c1ccc(C=N/C(C#N)=C(\[NH-])C#N)c([O-])c1.[Ni+3]. The molecule has 0 aromatic heterocycles. The molecule has 1 aromatic rings. The normalized spacial score (nSPS) is 10.8. The van der Waals surface area contributed by atoms with Crippen LogP contribution in [0.5, 0.6) is 5.75 Å². The Hall–Kier alpha value is -2.54. The Kier molecular flexibility index (Phi) is 13.6. The van der Waals surface area contributed by atoms with Crippen molar-refractivity contribution < 1.29 is 21.6 Å². The van der Waals surface area contributed by atoms with Gasteiger partial charge in [0.15, 0.2) is 0 Å². The molecule has 0 amide bonds. The monoisotopic (exact) mass is 398 g/mol. The molecule has 7 nitrogen and oxygen atoms in total. The smallest absolute Gasteiger partial charge is 0.872 e. The largest absolute Gasteiger partial charge is 3.00 e. The van der Waals surface area contributed by atoms with Gasteiger partial charge in [0, 0.05) is 25.0 Å². The van der Waals surface area contributed by atoms with E-state index in [1.165, 1.54) is 18.4 Å². The molecule has 141 valence electrons. The minimum atomic E-state index is -0.527. The summed E-state index contributed by atoms with van der Waals surface area (Å²) in [6, 6.07) is 8.44. The summed E-state index contributed by atoms with van der Waals surface area (Å²) in [4.78, 5) is 5.77. The molecule has 3 N–H and O–H groups in total. The van der Waals surface area contributed by atoms with Crippen LogP contribution in [0.15, 0.2) is 34.6 Å². The minimum absolute atomic E-state index is 0. The first-order valence-corrected chi connectivity index (χ1v) is 7.92. The zero-order valence-electron chi connectivity index (χ0n) is 15.4. The molecule has 0 aliphatic rings. The first-order valence-electron chi connectivity index (χ1n) is 7.92. The molecule has 0 saturated heterocycles. The number of nitrogens with one attached hydrogen (secondary N) is 1. The second-order valence-corrected chi connectivity index (χ2v) is 5.34. The van der Waals surface area contributed by atoms with E-state index in [0.717, 1.165) is 18.8 Å². The van der Waals surface area contributed by atoms with Crippen LogP contribution >= 0.6 is 0 Å². The Bertz CT molecular complexity index is 694. The molecule has 26 heavy (non-hydrogen) atoms. The van der Waals surface area contributed by atoms with E-state index in [1.54, 1.807) is 18.2 Å². The first-order chi connectivity index (χ1) is 11.8. The summed E-state index contributed by atoms with van der Waals surface area (Å²) >= 11 is 0. The average molecular weight is 399 g/mol. The number of allylic oxidation sites excluding steroid dienone is 2. The van der Waals surface area contributed by atoms with E-state index in [2.05, 4.69) is 4.99 Å². The molecule has 1 aromatic carbocycles. The van der Waals surface area contributed by atoms with Crippen LogP contribution in [0.2, 0.25) is 0 Å². The average Bonchev–Trinajstić information content (AvgIpc) is 2.57. The third-order valence-electron chi connectivity index (χ3n) is 2.91. The predicted octanol–water partition coefficient (Wildman–Crippen LogP) is 2.69. The summed E-state index contributed by atoms with van der Waals surface area (Å²) in [5.74, 6) is -0.219. The van der Waals surface area contributed by atoms with Crippen molar-refractivity contribution >= 4 is 11.9 Å². The molecule has 0 bridgehead atoms. The van der Waals surface area contributed by atoms with Gasteiger partial charge in [-0.2, -0.15) is 10.5 Å². The summed E-state index contributed by atoms with van der Waals surface area (Å²) in [6.07, 6.45) is 1.21. The van der Waals surface area contributed by atoms with Crippen LogP contribution in [0.4, 0.5) is 5.69 Å². The number of benzene rings is 1. The quantitative estimate of drug-likeness (QED) is 0.461. The Balaban J connectivity index is 0. The molecule has 0 heterocycles. The standard InChI is InChI=1S/C15H16N5O.C3H9N.Ni/c1-3-20(4-2)12-6-5-11(15(21)7-12)10-19-14(9-17)13(18)8-16;1-3(2)4;/h5-7,10,18H,3-4H2,1-2H3,(H,19,21);3H,4H2,1-2H3;/q-1;;+3/p-1/b14-13-;;. The van der Waals surface area contributed by atoms with Gasteiger partial charge < -0.3 is 21.5 Å². The summed E-state index contributed by atoms with van der Waals surface area (Å²) in [6.45, 7) is 9.50. The van der Waals surface area contributed by atoms with Gasteiger partial charge in [0.2, 0.25) is 0 Å². The maximum Gasteiger partial charge on any atom is 3.00 e. The van der Waals surface area contributed by atoms with Crippen LogP contribution in [0.3, 0.4) is 0 Å². The topological polar surface area (TPSA) is 136 Å². The van der Waals surface area contributed by atoms with Gasteiger partial charge in [-0.25, -0.2) is 4.99 Å². The van der Waals surface area contributed by atoms with Crippen LogP contribution in [0.1, 0.15) is 33.3 Å². The second-order valence-electron chi connectivity index (χ2n) is 5.34. The summed E-state index contributed by atoms with van der Waals surface area (Å²) in [5, 5.41) is 29.3. The van der Waals surface area contributed by atoms with Crippen LogP contribution in [-0.2, 0) is 16.5 Å². The number of hydrogen-bond acceptors (Lipinski definition) is 6. The van der Waals surface area contributed by atoms with Crippen LogP contribution < -0.4 is 15.7 Å². The zero-order chi connectivity index (χ0) is 19.4. The minimum Gasteiger partial charge on any atom is -0.872 e. The van der Waals surface area contributed by atoms with E-state index in [9.17, 15) is 5.11 Å². The van der Waals surface area contributed by atoms with Gasteiger partial charge in [0.25, 0.3) is 0 Å². The van der Waals surface area contributed by atoms with Crippen molar-refractivity contribution in [1.82, 2.24) is 0 Å². The first kappa shape index (κ1) is 25.7. The van der Waals surface area contributed by atoms with E-state index in [-0.39, 0.29) is 27.9 Å². The fraction of sp³-hybridized carbons (Fsp3) is 0.389. The number of nitriles is 2. The number of hydrogen-bond donors (Lipinski definition) is 1. The molecular weight excluding hydrogens is 375 g/mol. The van der Waals surface area contributed by atoms with Gasteiger partial charge in [-0.3, -0.25) is 0 Å². The number of nitrogens with two attached hydrogens (primary N) is 1. The molecule has 1 rings (SSSR count). The fourth-order valence-corrected chi connectivity index (χ4v) is 1.75. The Morgan fingerprint density at radius 2 is 1.85 bits per heavy atom. The second kappa shape index (κ2) is 13.7. The molecule has 0 unspecified atom stereocenters. The molecule has 0 aliphatic heterocycles. The fourth-order valence-electron chi connectivity index (χ4n) is 1.75. The number of rotatable bonds is 5. The van der Waals surface area contributed by atoms with Crippen molar-refractivity contribution in [2.24, 2.45) is 10.7 Å². The predicted molar refractivity (Wildman–Crippen MR) is 98.9 cm³/mol. The number of aliphatic imine (C=N–C) groups is 1. The van der Waals surface area contributed by atoms with E-state index < -0.39 is 5.70 Å². The van der Waals surface area contributed by atoms with Crippen molar-refractivity contribution in [2.75, 3.05) is 18.0 Å². The Labute approximate surface area is 165 Å². The molecule has 1 radical (unpaired) electrons. The Morgan fingerprint density at radius 3 is 2.23 bits per heavy atom. The van der Waals surface area contributed by atoms with Crippen molar-refractivity contribution in [3.63, 3.8) is 0 Å². The van der Waals surface area contributed by atoms with E-state index in [0.29, 0.717) is 11.6 Å². The van der Waals surface area contributed by atoms with Crippen molar-refractivity contribution in [3.8, 4) is 17.9 Å². The molecule has 0 saturated carbocycles. The van der Waals surface area contributed by atoms with E-state index in [4.69, 9.17) is 22.0 Å². The third kappa shape index (κ3) is 9.08. The zero-order valence-corrected chi connectivity index (χ0v) is 16.4. The third-order valence-corrected chi connectivity index (χ3v) is 2.91. The summed E-state index contributed by atoms with van der Waals surface area (Å²) in [7, 11) is 0. The Morgan fingerprint density at radius 1 is 1.31 bits per heavy atom. The van der Waals surface area contributed by atoms with Gasteiger partial charge in [-0.05, 0) is 43.3 Å². The van der Waals surface area contributed by atoms with Gasteiger partial charge in [0.05, 0.1) is 6.07 Å². The molecule has 0 fully saturated rings. The van der Waals surface area contributed by atoms with Crippen LogP contribution in [0, 0.1) is 22.7 Å². The van der Waals surface area contributed by atoms with Gasteiger partial charge >= 0.3 is 16.5 Å². The summed E-state index contributed by atoms with van der Waals surface area (Å²) in [5.41, 5.74) is 12.6. The van der Waals surface area contributed by atoms with Crippen molar-refractivity contribution in [3.05, 3.63) is 40.9 Å². The van der Waals surface area contributed by atoms with Crippen molar-refractivity contribution in [1.29, 1.82) is 10.5 Å². The van der Waals surface area contributed by atoms with Crippen molar-refractivity contribution in [2.45, 2.75) is 33.7 Å². The molecule has 0 atom stereocenters. The molecule has 8 heteroatoms. The maximum atomic E-state index is 12.0. The van der Waals surface area contributed by atoms with Gasteiger partial charge in [-0.1, -0.05) is 25.7 Å². The maximum absolute atomic E-state index is 12.0. The number of nitrogens with zero attached hydrogens (tertiary/aromatic N) is 4. The van der Waals surface area contributed by atoms with Crippen LogP contribution in [0.25, 0.3) is 5.73 Å². The number of anilines is 1. The van der Waals surface area contributed by atoms with Gasteiger partial charge in [-0.15, -0.1) is 0 Å².